The first-order valence-electron chi connectivity index (χ1n) is 10.0. The number of nitrogens with zero attached hydrogens (tertiary/aromatic N) is 2. The van der Waals surface area contributed by atoms with Gasteiger partial charge in [0.2, 0.25) is 11.2 Å². The first-order chi connectivity index (χ1) is 15.7. The Kier molecular flexibility index (Phi) is 5.76. The lowest BCUT2D eigenvalue weighted by atomic mass is 10.0. The SMILES string of the molecule is COc1ccccc1C(=O)c1cn(Cc2cccc(C(F)(F)F)c2)c2nc(C)ccc2c1=O. The summed E-state index contributed by atoms with van der Waals surface area (Å²) >= 11 is 0. The van der Waals surface area contributed by atoms with Crippen LogP contribution >= 0.6 is 0 Å². The highest BCUT2D eigenvalue weighted by atomic mass is 19.4. The van der Waals surface area contributed by atoms with Gasteiger partial charge in [-0.2, -0.15) is 13.2 Å². The third-order valence-corrected chi connectivity index (χ3v) is 5.26. The lowest BCUT2D eigenvalue weighted by molar-refractivity contribution is -0.137. The molecule has 8 heteroatoms. The number of carbonyl (C=O) groups excluding carboxylic acids is 1. The van der Waals surface area contributed by atoms with Crippen molar-refractivity contribution in [2.75, 3.05) is 7.11 Å². The van der Waals surface area contributed by atoms with Gasteiger partial charge >= 0.3 is 6.18 Å². The fraction of sp³-hybridized carbons (Fsp3) is 0.160. The van der Waals surface area contributed by atoms with E-state index in [9.17, 15) is 22.8 Å². The van der Waals surface area contributed by atoms with Gasteiger partial charge in [0.25, 0.3) is 0 Å². The molecule has 0 aliphatic carbocycles. The van der Waals surface area contributed by atoms with Crippen molar-refractivity contribution in [1.82, 2.24) is 9.55 Å². The Morgan fingerprint density at radius 1 is 1.03 bits per heavy atom. The second-order valence-electron chi connectivity index (χ2n) is 7.55. The maximum absolute atomic E-state index is 13.3. The summed E-state index contributed by atoms with van der Waals surface area (Å²) in [6.07, 6.45) is -3.13. The van der Waals surface area contributed by atoms with Gasteiger partial charge < -0.3 is 9.30 Å². The van der Waals surface area contributed by atoms with Crippen LogP contribution in [0.4, 0.5) is 13.2 Å². The Labute approximate surface area is 187 Å². The van der Waals surface area contributed by atoms with E-state index >= 15 is 0 Å². The van der Waals surface area contributed by atoms with Gasteiger partial charge in [-0.05, 0) is 48.9 Å². The fourth-order valence-electron chi connectivity index (χ4n) is 3.66. The Balaban J connectivity index is 1.90. The van der Waals surface area contributed by atoms with E-state index in [1.54, 1.807) is 49.4 Å². The lowest BCUT2D eigenvalue weighted by Crippen LogP contribution is -2.21. The van der Waals surface area contributed by atoms with Crippen molar-refractivity contribution in [3.05, 3.63) is 105 Å². The Morgan fingerprint density at radius 3 is 2.52 bits per heavy atom. The van der Waals surface area contributed by atoms with Gasteiger partial charge in [-0.3, -0.25) is 9.59 Å². The number of aryl methyl sites for hydroxylation is 1. The fourth-order valence-corrected chi connectivity index (χ4v) is 3.66. The number of benzene rings is 2. The molecule has 0 aliphatic heterocycles. The molecule has 0 N–H and O–H groups in total. The molecule has 0 saturated heterocycles. The quantitative estimate of drug-likeness (QED) is 0.400. The number of para-hydroxylation sites is 1. The van der Waals surface area contributed by atoms with E-state index in [1.165, 1.54) is 23.9 Å². The average molecular weight is 452 g/mol. The van der Waals surface area contributed by atoms with Gasteiger partial charge in [-0.25, -0.2) is 4.98 Å². The van der Waals surface area contributed by atoms with E-state index in [0.29, 0.717) is 17.0 Å². The highest BCUT2D eigenvalue weighted by molar-refractivity contribution is 6.11. The Morgan fingerprint density at radius 2 is 1.79 bits per heavy atom. The molecule has 0 saturated carbocycles. The number of halogens is 3. The normalized spacial score (nSPS) is 11.5. The summed E-state index contributed by atoms with van der Waals surface area (Å²) in [5.41, 5.74) is 0.0755. The van der Waals surface area contributed by atoms with Crippen LogP contribution in [-0.4, -0.2) is 22.4 Å². The first kappa shape index (κ1) is 22.3. The second kappa shape index (κ2) is 8.54. The number of aromatic nitrogens is 2. The molecule has 0 aliphatic rings. The molecule has 33 heavy (non-hydrogen) atoms. The molecule has 0 bridgehead atoms. The van der Waals surface area contributed by atoms with Gasteiger partial charge in [-0.1, -0.05) is 24.3 Å². The van der Waals surface area contributed by atoms with E-state index in [2.05, 4.69) is 4.98 Å². The summed E-state index contributed by atoms with van der Waals surface area (Å²) in [6, 6.07) is 14.7. The monoisotopic (exact) mass is 452 g/mol. The van der Waals surface area contributed by atoms with E-state index in [1.807, 2.05) is 0 Å². The summed E-state index contributed by atoms with van der Waals surface area (Å²) in [7, 11) is 1.42. The zero-order valence-corrected chi connectivity index (χ0v) is 17.8. The van der Waals surface area contributed by atoms with Gasteiger partial charge in [0, 0.05) is 18.4 Å². The second-order valence-corrected chi connectivity index (χ2v) is 7.55. The van der Waals surface area contributed by atoms with Crippen molar-refractivity contribution in [2.24, 2.45) is 0 Å². The number of ether oxygens (including phenoxy) is 1. The predicted molar refractivity (Wildman–Crippen MR) is 118 cm³/mol. The van der Waals surface area contributed by atoms with E-state index in [4.69, 9.17) is 4.74 Å². The highest BCUT2D eigenvalue weighted by Crippen LogP contribution is 2.30. The summed E-state index contributed by atoms with van der Waals surface area (Å²) in [5.74, 6) is -0.230. The zero-order chi connectivity index (χ0) is 23.8. The van der Waals surface area contributed by atoms with Gasteiger partial charge in [0.05, 0.1) is 29.2 Å². The number of carbonyl (C=O) groups is 1. The number of rotatable bonds is 5. The molecule has 5 nitrogen and oxygen atoms in total. The van der Waals surface area contributed by atoms with Crippen molar-refractivity contribution in [1.29, 1.82) is 0 Å². The number of pyridine rings is 2. The number of fused-ring (bicyclic) bond motifs is 1. The zero-order valence-electron chi connectivity index (χ0n) is 17.8. The molecular formula is C25H19F3N2O3. The van der Waals surface area contributed by atoms with Crippen molar-refractivity contribution in [2.45, 2.75) is 19.6 Å². The number of alkyl halides is 3. The van der Waals surface area contributed by atoms with Gasteiger partial charge in [0.1, 0.15) is 11.4 Å². The van der Waals surface area contributed by atoms with E-state index in [-0.39, 0.29) is 28.7 Å². The molecule has 4 aromatic rings. The number of ketones is 1. The Bertz CT molecular complexity index is 1420. The van der Waals surface area contributed by atoms with Crippen LogP contribution in [0.15, 0.2) is 71.7 Å². The number of hydrogen-bond donors (Lipinski definition) is 0. The smallest absolute Gasteiger partial charge is 0.416 e. The van der Waals surface area contributed by atoms with Crippen LogP contribution in [0.25, 0.3) is 11.0 Å². The van der Waals surface area contributed by atoms with Crippen molar-refractivity contribution >= 4 is 16.8 Å². The maximum atomic E-state index is 13.3. The van der Waals surface area contributed by atoms with Crippen molar-refractivity contribution < 1.29 is 22.7 Å². The molecule has 168 valence electrons. The molecule has 2 heterocycles. The van der Waals surface area contributed by atoms with Crippen molar-refractivity contribution in [3.63, 3.8) is 0 Å². The standard InChI is InChI=1S/C25H19F3N2O3/c1-15-10-11-19-23(32)20(22(31)18-8-3-4-9-21(18)33-2)14-30(24(19)29-15)13-16-6-5-7-17(12-16)25(26,27)28/h3-12,14H,13H2,1-2H3. The van der Waals surface area contributed by atoms with Crippen LogP contribution in [0.2, 0.25) is 0 Å². The average Bonchev–Trinajstić information content (AvgIpc) is 2.80. The minimum absolute atomic E-state index is 0.0106. The van der Waals surface area contributed by atoms with Gasteiger partial charge in [0.15, 0.2) is 0 Å². The largest absolute Gasteiger partial charge is 0.496 e. The van der Waals surface area contributed by atoms with Crippen LogP contribution in [0.5, 0.6) is 5.75 Å². The topological polar surface area (TPSA) is 61.2 Å². The number of methoxy groups -OCH3 is 1. The number of hydrogen-bond acceptors (Lipinski definition) is 4. The molecule has 4 rings (SSSR count). The summed E-state index contributed by atoms with van der Waals surface area (Å²) in [5, 5.41) is 0.202. The first-order valence-corrected chi connectivity index (χ1v) is 10.0. The summed E-state index contributed by atoms with van der Waals surface area (Å²) in [4.78, 5) is 30.9. The third kappa shape index (κ3) is 4.37. The molecule has 0 fully saturated rings. The molecule has 0 spiro atoms. The molecule has 2 aromatic heterocycles. The van der Waals surface area contributed by atoms with Gasteiger partial charge in [-0.15, -0.1) is 0 Å². The van der Waals surface area contributed by atoms with E-state index < -0.39 is 23.0 Å². The highest BCUT2D eigenvalue weighted by Gasteiger charge is 2.30. The summed E-state index contributed by atoms with van der Waals surface area (Å²) < 4.78 is 46.3. The molecule has 0 atom stereocenters. The molecule has 2 aromatic carbocycles. The van der Waals surface area contributed by atoms with Crippen LogP contribution in [0, 0.1) is 6.92 Å². The van der Waals surface area contributed by atoms with Crippen LogP contribution in [0.1, 0.15) is 32.7 Å². The molecule has 0 amide bonds. The molecule has 0 unspecified atom stereocenters. The van der Waals surface area contributed by atoms with Crippen molar-refractivity contribution in [3.8, 4) is 5.75 Å². The lowest BCUT2D eigenvalue weighted by Gasteiger charge is -2.15. The van der Waals surface area contributed by atoms with Crippen LogP contribution in [0.3, 0.4) is 0 Å². The summed E-state index contributed by atoms with van der Waals surface area (Å²) in [6.45, 7) is 1.73. The molecule has 0 radical (unpaired) electrons. The molecular weight excluding hydrogens is 433 g/mol. The van der Waals surface area contributed by atoms with Crippen LogP contribution < -0.4 is 10.2 Å². The minimum atomic E-state index is -4.48. The minimum Gasteiger partial charge on any atom is -0.496 e. The predicted octanol–water partition coefficient (Wildman–Crippen LogP) is 5.01. The third-order valence-electron chi connectivity index (χ3n) is 5.26. The Hall–Kier alpha value is -3.94. The van der Waals surface area contributed by atoms with Crippen LogP contribution in [-0.2, 0) is 12.7 Å². The van der Waals surface area contributed by atoms with E-state index in [0.717, 1.165) is 12.1 Å². The maximum Gasteiger partial charge on any atom is 0.416 e.